The summed E-state index contributed by atoms with van der Waals surface area (Å²) in [5.74, 6) is 0.204. The van der Waals surface area contributed by atoms with Crippen LogP contribution in [0.2, 0.25) is 0 Å². The fourth-order valence-corrected chi connectivity index (χ4v) is 4.40. The molecule has 3 amide bonds. The third kappa shape index (κ3) is 7.64. The highest BCUT2D eigenvalue weighted by Gasteiger charge is 2.48. The van der Waals surface area contributed by atoms with Gasteiger partial charge in [-0.25, -0.2) is 4.79 Å². The van der Waals surface area contributed by atoms with Gasteiger partial charge in [0, 0.05) is 17.5 Å². The molecule has 0 saturated heterocycles. The van der Waals surface area contributed by atoms with E-state index in [4.69, 9.17) is 9.47 Å². The van der Waals surface area contributed by atoms with Crippen molar-refractivity contribution in [2.75, 3.05) is 18.2 Å². The number of rotatable bonds is 9. The van der Waals surface area contributed by atoms with Crippen molar-refractivity contribution in [3.8, 4) is 5.75 Å². The van der Waals surface area contributed by atoms with E-state index >= 15 is 0 Å². The van der Waals surface area contributed by atoms with Gasteiger partial charge in [-0.05, 0) is 69.9 Å². The van der Waals surface area contributed by atoms with Crippen LogP contribution in [0.4, 0.5) is 10.5 Å². The van der Waals surface area contributed by atoms with Crippen molar-refractivity contribution < 1.29 is 23.9 Å². The number of carbonyl (C=O) groups is 3. The van der Waals surface area contributed by atoms with Crippen molar-refractivity contribution in [1.29, 1.82) is 0 Å². The number of ether oxygens (including phenoxy) is 2. The van der Waals surface area contributed by atoms with Crippen LogP contribution < -0.4 is 15.4 Å². The SMILES string of the molecule is COc1ccc(NC(=O)C(c2cccc(C)c2)N(C(=O)C(CS)NC(=O)OC(C)(C)C)C2CC2C)cc1. The zero-order valence-corrected chi connectivity index (χ0v) is 23.2. The van der Waals surface area contributed by atoms with Gasteiger partial charge in [0.05, 0.1) is 7.11 Å². The number of hydrogen-bond donors (Lipinski definition) is 3. The van der Waals surface area contributed by atoms with Gasteiger partial charge in [0.2, 0.25) is 5.91 Å². The molecule has 0 aliphatic heterocycles. The lowest BCUT2D eigenvalue weighted by atomic mass is 10.0. The molecule has 0 aromatic heterocycles. The molecule has 37 heavy (non-hydrogen) atoms. The zero-order valence-electron chi connectivity index (χ0n) is 22.3. The van der Waals surface area contributed by atoms with Gasteiger partial charge >= 0.3 is 6.09 Å². The van der Waals surface area contributed by atoms with Crippen LogP contribution >= 0.6 is 12.6 Å². The van der Waals surface area contributed by atoms with Gasteiger partial charge < -0.3 is 25.0 Å². The molecule has 4 atom stereocenters. The number of carbonyl (C=O) groups excluding carboxylic acids is 3. The van der Waals surface area contributed by atoms with E-state index in [1.165, 1.54) is 0 Å². The molecule has 1 saturated carbocycles. The summed E-state index contributed by atoms with van der Waals surface area (Å²) in [6.45, 7) is 9.23. The van der Waals surface area contributed by atoms with E-state index < -0.39 is 23.8 Å². The molecular weight excluding hydrogens is 490 g/mol. The van der Waals surface area contributed by atoms with Gasteiger partial charge in [0.25, 0.3) is 5.91 Å². The smallest absolute Gasteiger partial charge is 0.408 e. The first-order valence-electron chi connectivity index (χ1n) is 12.4. The summed E-state index contributed by atoms with van der Waals surface area (Å²) in [5, 5.41) is 5.60. The number of nitrogens with one attached hydrogen (secondary N) is 2. The van der Waals surface area contributed by atoms with Gasteiger partial charge in [0.1, 0.15) is 23.4 Å². The molecule has 2 N–H and O–H groups in total. The van der Waals surface area contributed by atoms with E-state index in [2.05, 4.69) is 23.3 Å². The van der Waals surface area contributed by atoms with Crippen LogP contribution in [0.25, 0.3) is 0 Å². The molecule has 1 fully saturated rings. The first kappa shape index (κ1) is 28.4. The molecule has 4 unspecified atom stereocenters. The second-order valence-electron chi connectivity index (χ2n) is 10.4. The van der Waals surface area contributed by atoms with Crippen LogP contribution in [0.3, 0.4) is 0 Å². The van der Waals surface area contributed by atoms with E-state index in [-0.39, 0.29) is 29.5 Å². The first-order valence-corrected chi connectivity index (χ1v) is 13.0. The number of anilines is 1. The number of alkyl carbamates (subject to hydrolysis) is 1. The zero-order chi connectivity index (χ0) is 27.3. The molecule has 3 rings (SSSR count). The predicted molar refractivity (Wildman–Crippen MR) is 147 cm³/mol. The highest BCUT2D eigenvalue weighted by atomic mass is 32.1. The maximum absolute atomic E-state index is 14.0. The second kappa shape index (κ2) is 11.9. The Morgan fingerprint density at radius 3 is 2.30 bits per heavy atom. The summed E-state index contributed by atoms with van der Waals surface area (Å²) in [7, 11) is 1.57. The van der Waals surface area contributed by atoms with Crippen molar-refractivity contribution in [2.45, 2.75) is 64.8 Å². The fourth-order valence-electron chi connectivity index (χ4n) is 4.15. The van der Waals surface area contributed by atoms with Gasteiger partial charge in [-0.3, -0.25) is 9.59 Å². The lowest BCUT2D eigenvalue weighted by Gasteiger charge is -2.35. The number of nitrogens with zero attached hydrogens (tertiary/aromatic N) is 1. The molecule has 200 valence electrons. The second-order valence-corrected chi connectivity index (χ2v) is 10.8. The van der Waals surface area contributed by atoms with Gasteiger partial charge in [-0.2, -0.15) is 12.6 Å². The van der Waals surface area contributed by atoms with Gasteiger partial charge in [-0.1, -0.05) is 36.8 Å². The Kier molecular flexibility index (Phi) is 9.12. The average molecular weight is 528 g/mol. The van der Waals surface area contributed by atoms with Gasteiger partial charge in [0.15, 0.2) is 0 Å². The molecule has 1 aliphatic carbocycles. The third-order valence-corrected chi connectivity index (χ3v) is 6.46. The number of aryl methyl sites for hydroxylation is 1. The Balaban J connectivity index is 1.96. The monoisotopic (exact) mass is 527 g/mol. The van der Waals surface area contributed by atoms with Crippen LogP contribution in [0.1, 0.15) is 51.3 Å². The minimum absolute atomic E-state index is 0.0519. The Labute approximate surface area is 224 Å². The third-order valence-electron chi connectivity index (χ3n) is 6.09. The number of benzene rings is 2. The van der Waals surface area contributed by atoms with Gasteiger partial charge in [-0.15, -0.1) is 0 Å². The molecule has 2 aromatic rings. The highest BCUT2D eigenvalue weighted by molar-refractivity contribution is 7.80. The Bertz CT molecular complexity index is 1120. The lowest BCUT2D eigenvalue weighted by Crippen LogP contribution is -2.54. The Morgan fingerprint density at radius 1 is 1.14 bits per heavy atom. The molecular formula is C28H37N3O5S. The highest BCUT2D eigenvalue weighted by Crippen LogP contribution is 2.41. The van der Waals surface area contributed by atoms with Crippen LogP contribution in [0, 0.1) is 12.8 Å². The van der Waals surface area contributed by atoms with Crippen LogP contribution in [-0.4, -0.2) is 53.4 Å². The minimum atomic E-state index is -0.966. The summed E-state index contributed by atoms with van der Waals surface area (Å²) in [6.07, 6.45) is 0.0498. The number of hydrogen-bond acceptors (Lipinski definition) is 6. The van der Waals surface area contributed by atoms with Crippen molar-refractivity contribution in [1.82, 2.24) is 10.2 Å². The molecule has 8 nitrogen and oxygen atoms in total. The van der Waals surface area contributed by atoms with Crippen molar-refractivity contribution in [2.24, 2.45) is 5.92 Å². The molecule has 0 heterocycles. The van der Waals surface area contributed by atoms with Crippen LogP contribution in [0.5, 0.6) is 5.75 Å². The number of methoxy groups -OCH3 is 1. The molecule has 2 aromatic carbocycles. The minimum Gasteiger partial charge on any atom is -0.497 e. The summed E-state index contributed by atoms with van der Waals surface area (Å²) in [6, 6.07) is 12.5. The Morgan fingerprint density at radius 2 is 1.78 bits per heavy atom. The van der Waals surface area contributed by atoms with E-state index in [9.17, 15) is 14.4 Å². The molecule has 0 bridgehead atoms. The standard InChI is InChI=1S/C28H37N3O5S/c1-17-8-7-9-19(14-17)24(25(32)29-20-10-12-21(35-6)13-11-20)31(23-15-18(23)2)26(33)22(16-37)30-27(34)36-28(3,4)5/h7-14,18,22-24,37H,15-16H2,1-6H3,(H,29,32)(H,30,34). The van der Waals surface area contributed by atoms with Crippen molar-refractivity contribution in [3.05, 3.63) is 59.7 Å². The van der Waals surface area contributed by atoms with Crippen LogP contribution in [-0.2, 0) is 14.3 Å². The summed E-state index contributed by atoms with van der Waals surface area (Å²) < 4.78 is 10.6. The average Bonchev–Trinajstić information content (AvgIpc) is 3.55. The van der Waals surface area contributed by atoms with E-state index in [1.54, 1.807) is 57.0 Å². The summed E-state index contributed by atoms with van der Waals surface area (Å²) in [5.41, 5.74) is 1.51. The topological polar surface area (TPSA) is 97.0 Å². The number of thiol groups is 1. The molecule has 0 spiro atoms. The van der Waals surface area contributed by atoms with Crippen molar-refractivity contribution in [3.63, 3.8) is 0 Å². The molecule has 0 radical (unpaired) electrons. The summed E-state index contributed by atoms with van der Waals surface area (Å²) >= 11 is 4.34. The largest absolute Gasteiger partial charge is 0.497 e. The first-order chi connectivity index (χ1) is 17.4. The lowest BCUT2D eigenvalue weighted by molar-refractivity contribution is -0.141. The van der Waals surface area contributed by atoms with E-state index in [0.717, 1.165) is 12.0 Å². The quantitative estimate of drug-likeness (QED) is 0.409. The molecule has 9 heteroatoms. The normalized spacial score (nSPS) is 18.2. The maximum atomic E-state index is 14.0. The van der Waals surface area contributed by atoms with Crippen molar-refractivity contribution >= 4 is 36.2 Å². The predicted octanol–water partition coefficient (Wildman–Crippen LogP) is 4.74. The number of amides is 3. The van der Waals surface area contributed by atoms with E-state index in [1.807, 2.05) is 38.1 Å². The van der Waals surface area contributed by atoms with E-state index in [0.29, 0.717) is 17.0 Å². The summed E-state index contributed by atoms with van der Waals surface area (Å²) in [4.78, 5) is 41.9. The maximum Gasteiger partial charge on any atom is 0.408 e. The fraction of sp³-hybridized carbons (Fsp3) is 0.464. The Hall–Kier alpha value is -3.20. The molecule has 1 aliphatic rings. The van der Waals surface area contributed by atoms with Crippen LogP contribution in [0.15, 0.2) is 48.5 Å².